The van der Waals surface area contributed by atoms with Gasteiger partial charge in [0.05, 0.1) is 6.61 Å². The van der Waals surface area contributed by atoms with Crippen molar-refractivity contribution in [3.63, 3.8) is 0 Å². The van der Waals surface area contributed by atoms with Gasteiger partial charge in [-0.05, 0) is 6.07 Å². The second-order valence-corrected chi connectivity index (χ2v) is 2.74. The van der Waals surface area contributed by atoms with Crippen LogP contribution in [0.3, 0.4) is 0 Å². The number of benzene rings is 1. The normalized spacial score (nSPS) is 21.5. The third kappa shape index (κ3) is 1.21. The molecule has 0 aliphatic carbocycles. The van der Waals surface area contributed by atoms with Crippen molar-refractivity contribution in [2.75, 3.05) is 6.61 Å². The smallest absolute Gasteiger partial charge is 0.121 e. The minimum atomic E-state index is -0.0637. The number of hydrogen-bond donors (Lipinski definition) is 1. The topological polar surface area (TPSA) is 29.5 Å². The maximum atomic E-state index is 9.46. The summed E-state index contributed by atoms with van der Waals surface area (Å²) in [4.78, 5) is 0. The molecular formula is C10H10O2. The van der Waals surface area contributed by atoms with Gasteiger partial charge in [-0.1, -0.05) is 30.4 Å². The Morgan fingerprint density at radius 2 is 2.17 bits per heavy atom. The zero-order valence-electron chi connectivity index (χ0n) is 6.60. The maximum Gasteiger partial charge on any atom is 0.121 e. The molecule has 0 saturated carbocycles. The molecule has 0 amide bonds. The Morgan fingerprint density at radius 3 is 2.83 bits per heavy atom. The molecule has 1 atom stereocenters. The van der Waals surface area contributed by atoms with Crippen LogP contribution in [0, 0.1) is 0 Å². The molecule has 0 fully saturated rings. The van der Waals surface area contributed by atoms with E-state index < -0.39 is 0 Å². The van der Waals surface area contributed by atoms with Crippen LogP contribution in [0.2, 0.25) is 0 Å². The summed E-state index contributed by atoms with van der Waals surface area (Å²) in [6.07, 6.45) is 3.85. The Kier molecular flexibility index (Phi) is 1.84. The van der Waals surface area contributed by atoms with Crippen molar-refractivity contribution in [1.29, 1.82) is 0 Å². The van der Waals surface area contributed by atoms with Crippen LogP contribution in [-0.4, -0.2) is 11.7 Å². The average Bonchev–Trinajstić information content (AvgIpc) is 2.57. The summed E-state index contributed by atoms with van der Waals surface area (Å²) >= 11 is 0. The van der Waals surface area contributed by atoms with Gasteiger partial charge in [0.15, 0.2) is 0 Å². The molecule has 1 heterocycles. The molecule has 1 aliphatic rings. The van der Waals surface area contributed by atoms with Crippen molar-refractivity contribution >= 4 is 0 Å². The number of rotatable bonds is 1. The van der Waals surface area contributed by atoms with Crippen LogP contribution in [0.25, 0.3) is 0 Å². The minimum Gasteiger partial charge on any atom is -0.508 e. The zero-order chi connectivity index (χ0) is 8.39. The van der Waals surface area contributed by atoms with Crippen LogP contribution in [0.15, 0.2) is 36.4 Å². The van der Waals surface area contributed by atoms with E-state index in [4.69, 9.17) is 4.74 Å². The summed E-state index contributed by atoms with van der Waals surface area (Å²) in [6.45, 7) is 0.638. The van der Waals surface area contributed by atoms with Crippen molar-refractivity contribution in [2.45, 2.75) is 6.10 Å². The van der Waals surface area contributed by atoms with Gasteiger partial charge in [-0.3, -0.25) is 0 Å². The van der Waals surface area contributed by atoms with Gasteiger partial charge in [0.2, 0.25) is 0 Å². The molecule has 1 aliphatic heterocycles. The number of para-hydroxylation sites is 1. The van der Waals surface area contributed by atoms with Crippen molar-refractivity contribution in [3.05, 3.63) is 42.0 Å². The molecule has 2 nitrogen and oxygen atoms in total. The van der Waals surface area contributed by atoms with Crippen LogP contribution in [-0.2, 0) is 4.74 Å². The second kappa shape index (κ2) is 2.99. The number of phenols is 1. The number of hydrogen-bond acceptors (Lipinski definition) is 2. The fourth-order valence-corrected chi connectivity index (χ4v) is 1.32. The third-order valence-corrected chi connectivity index (χ3v) is 1.93. The summed E-state index contributed by atoms with van der Waals surface area (Å²) in [5, 5.41) is 9.46. The largest absolute Gasteiger partial charge is 0.508 e. The Balaban J connectivity index is 2.33. The minimum absolute atomic E-state index is 0.0637. The lowest BCUT2D eigenvalue weighted by Gasteiger charge is -2.09. The van der Waals surface area contributed by atoms with Gasteiger partial charge in [0.25, 0.3) is 0 Å². The van der Waals surface area contributed by atoms with Gasteiger partial charge >= 0.3 is 0 Å². The van der Waals surface area contributed by atoms with E-state index >= 15 is 0 Å². The van der Waals surface area contributed by atoms with Crippen molar-refractivity contribution in [3.8, 4) is 5.75 Å². The first-order valence-corrected chi connectivity index (χ1v) is 3.94. The monoisotopic (exact) mass is 162 g/mol. The second-order valence-electron chi connectivity index (χ2n) is 2.74. The van der Waals surface area contributed by atoms with Crippen LogP contribution in [0.5, 0.6) is 5.75 Å². The van der Waals surface area contributed by atoms with Crippen LogP contribution in [0.4, 0.5) is 0 Å². The van der Waals surface area contributed by atoms with E-state index in [1.807, 2.05) is 24.3 Å². The lowest BCUT2D eigenvalue weighted by Crippen LogP contribution is -1.95. The van der Waals surface area contributed by atoms with Crippen molar-refractivity contribution < 1.29 is 9.84 Å². The van der Waals surface area contributed by atoms with E-state index in [2.05, 4.69) is 0 Å². The van der Waals surface area contributed by atoms with Crippen molar-refractivity contribution in [2.24, 2.45) is 0 Å². The fraction of sp³-hybridized carbons (Fsp3) is 0.200. The summed E-state index contributed by atoms with van der Waals surface area (Å²) in [5.41, 5.74) is 0.839. The molecule has 1 N–H and O–H groups in total. The van der Waals surface area contributed by atoms with Crippen LogP contribution >= 0.6 is 0 Å². The molecule has 12 heavy (non-hydrogen) atoms. The highest BCUT2D eigenvalue weighted by Gasteiger charge is 2.14. The molecule has 0 aromatic heterocycles. The highest BCUT2D eigenvalue weighted by molar-refractivity contribution is 5.36. The number of aromatic hydroxyl groups is 1. The van der Waals surface area contributed by atoms with Crippen molar-refractivity contribution in [1.82, 2.24) is 0 Å². The first-order chi connectivity index (χ1) is 5.88. The van der Waals surface area contributed by atoms with Gasteiger partial charge in [0, 0.05) is 5.56 Å². The molecule has 2 rings (SSSR count). The summed E-state index contributed by atoms with van der Waals surface area (Å²) < 4.78 is 5.35. The predicted molar refractivity (Wildman–Crippen MR) is 45.9 cm³/mol. The van der Waals surface area contributed by atoms with E-state index in [9.17, 15) is 5.11 Å². The lowest BCUT2D eigenvalue weighted by molar-refractivity contribution is 0.127. The highest BCUT2D eigenvalue weighted by Crippen LogP contribution is 2.29. The summed E-state index contributed by atoms with van der Waals surface area (Å²) in [7, 11) is 0. The Hall–Kier alpha value is -1.28. The van der Waals surface area contributed by atoms with Crippen LogP contribution in [0.1, 0.15) is 11.7 Å². The molecular weight excluding hydrogens is 152 g/mol. The molecule has 0 radical (unpaired) electrons. The zero-order valence-corrected chi connectivity index (χ0v) is 6.60. The molecule has 1 aromatic rings. The predicted octanol–water partition coefficient (Wildman–Crippen LogP) is 2.02. The lowest BCUT2D eigenvalue weighted by atomic mass is 10.1. The molecule has 2 heteroatoms. The quantitative estimate of drug-likeness (QED) is 0.640. The first kappa shape index (κ1) is 7.37. The van der Waals surface area contributed by atoms with E-state index in [1.54, 1.807) is 12.1 Å². The van der Waals surface area contributed by atoms with E-state index in [-0.39, 0.29) is 6.10 Å². The number of phenolic OH excluding ortho intramolecular Hbond substituents is 1. The van der Waals surface area contributed by atoms with Gasteiger partial charge in [0.1, 0.15) is 11.9 Å². The third-order valence-electron chi connectivity index (χ3n) is 1.93. The fourth-order valence-electron chi connectivity index (χ4n) is 1.32. The van der Waals surface area contributed by atoms with Gasteiger partial charge in [-0.25, -0.2) is 0 Å². The SMILES string of the molecule is Oc1ccccc1C1C=CCO1. The highest BCUT2D eigenvalue weighted by atomic mass is 16.5. The Labute approximate surface area is 71.1 Å². The van der Waals surface area contributed by atoms with Gasteiger partial charge in [-0.15, -0.1) is 0 Å². The first-order valence-electron chi connectivity index (χ1n) is 3.94. The maximum absolute atomic E-state index is 9.46. The molecule has 0 bridgehead atoms. The van der Waals surface area contributed by atoms with E-state index in [1.165, 1.54) is 0 Å². The number of ether oxygens (including phenoxy) is 1. The molecule has 1 unspecified atom stereocenters. The van der Waals surface area contributed by atoms with Crippen LogP contribution < -0.4 is 0 Å². The molecule has 0 saturated heterocycles. The Bertz CT molecular complexity index is 304. The molecule has 0 spiro atoms. The van der Waals surface area contributed by atoms with Gasteiger partial charge in [-0.2, -0.15) is 0 Å². The Morgan fingerprint density at radius 1 is 1.33 bits per heavy atom. The van der Waals surface area contributed by atoms with Gasteiger partial charge < -0.3 is 9.84 Å². The summed E-state index contributed by atoms with van der Waals surface area (Å²) in [5.74, 6) is 0.300. The van der Waals surface area contributed by atoms with E-state index in [0.29, 0.717) is 12.4 Å². The van der Waals surface area contributed by atoms with E-state index in [0.717, 1.165) is 5.56 Å². The molecule has 1 aromatic carbocycles. The average molecular weight is 162 g/mol. The molecule has 62 valence electrons. The summed E-state index contributed by atoms with van der Waals surface area (Å²) in [6, 6.07) is 7.24. The standard InChI is InChI=1S/C10H10O2/c11-9-5-2-1-4-8(9)10-6-3-7-12-10/h1-6,10-11H,7H2.